The van der Waals surface area contributed by atoms with E-state index < -0.39 is 5.97 Å². The number of halogens is 1. The predicted octanol–water partition coefficient (Wildman–Crippen LogP) is 3.92. The molecule has 0 spiro atoms. The molecule has 6 heteroatoms. The number of anilines is 2. The molecule has 0 saturated heterocycles. The van der Waals surface area contributed by atoms with Gasteiger partial charge in [0.15, 0.2) is 0 Å². The third-order valence-electron chi connectivity index (χ3n) is 3.44. The van der Waals surface area contributed by atoms with Crippen molar-refractivity contribution in [1.29, 1.82) is 0 Å². The lowest BCUT2D eigenvalue weighted by atomic mass is 10.2. The van der Waals surface area contributed by atoms with Crippen LogP contribution in [0.3, 0.4) is 0 Å². The normalized spacial score (nSPS) is 10.1. The number of hydrogen-bond donors (Lipinski definition) is 0. The highest BCUT2D eigenvalue weighted by atomic mass is 127. The van der Waals surface area contributed by atoms with Crippen LogP contribution in [0.5, 0.6) is 5.75 Å². The molecule has 0 aliphatic carbocycles. The molecule has 0 N–H and O–H groups in total. The third kappa shape index (κ3) is 4.70. The molecule has 2 rings (SSSR count). The molecule has 0 fully saturated rings. The Labute approximate surface area is 154 Å². The standard InChI is InChI=1S/C18H18INO4/c1-23-16-9-7-15(8-10-16)20(14-5-3-13(19)4-6-14)17(21)11-12-18(22)24-2/h3-10H,11-12H2,1-2H3. The van der Waals surface area contributed by atoms with Crippen LogP contribution in [-0.2, 0) is 14.3 Å². The molecule has 24 heavy (non-hydrogen) atoms. The van der Waals surface area contributed by atoms with Crippen LogP contribution in [0.15, 0.2) is 48.5 Å². The van der Waals surface area contributed by atoms with Crippen LogP contribution < -0.4 is 9.64 Å². The molecule has 5 nitrogen and oxygen atoms in total. The number of ether oxygens (including phenoxy) is 2. The van der Waals surface area contributed by atoms with E-state index in [0.29, 0.717) is 11.4 Å². The van der Waals surface area contributed by atoms with Gasteiger partial charge >= 0.3 is 5.97 Å². The van der Waals surface area contributed by atoms with E-state index in [1.165, 1.54) is 7.11 Å². The van der Waals surface area contributed by atoms with Gasteiger partial charge in [-0.2, -0.15) is 0 Å². The SMILES string of the molecule is COC(=O)CCC(=O)N(c1ccc(I)cc1)c1ccc(OC)cc1. The molecular weight excluding hydrogens is 421 g/mol. The van der Waals surface area contributed by atoms with Crippen molar-refractivity contribution < 1.29 is 19.1 Å². The van der Waals surface area contributed by atoms with Crippen molar-refractivity contribution in [2.24, 2.45) is 0 Å². The number of carbonyl (C=O) groups excluding carboxylic acids is 2. The summed E-state index contributed by atoms with van der Waals surface area (Å²) in [5.74, 6) is 0.135. The highest BCUT2D eigenvalue weighted by Crippen LogP contribution is 2.29. The van der Waals surface area contributed by atoms with Gasteiger partial charge in [-0.15, -0.1) is 0 Å². The summed E-state index contributed by atoms with van der Waals surface area (Å²) in [6.45, 7) is 0. The van der Waals surface area contributed by atoms with E-state index in [-0.39, 0.29) is 18.7 Å². The highest BCUT2D eigenvalue weighted by molar-refractivity contribution is 14.1. The van der Waals surface area contributed by atoms with Crippen molar-refractivity contribution in [3.05, 3.63) is 52.1 Å². The maximum absolute atomic E-state index is 12.7. The van der Waals surface area contributed by atoms with Gasteiger partial charge in [-0.05, 0) is 71.1 Å². The fourth-order valence-corrected chi connectivity index (χ4v) is 2.54. The Morgan fingerprint density at radius 2 is 1.46 bits per heavy atom. The minimum atomic E-state index is -0.402. The number of hydrogen-bond acceptors (Lipinski definition) is 4. The zero-order valence-corrected chi connectivity index (χ0v) is 15.6. The van der Waals surface area contributed by atoms with Crippen molar-refractivity contribution in [3.8, 4) is 5.75 Å². The van der Waals surface area contributed by atoms with Crippen molar-refractivity contribution in [2.75, 3.05) is 19.1 Å². The Hall–Kier alpha value is -2.09. The second kappa shape index (κ2) is 8.68. The maximum atomic E-state index is 12.7. The van der Waals surface area contributed by atoms with Crippen LogP contribution in [0.2, 0.25) is 0 Å². The topological polar surface area (TPSA) is 55.8 Å². The quantitative estimate of drug-likeness (QED) is 0.506. The Bertz CT molecular complexity index is 698. The summed E-state index contributed by atoms with van der Waals surface area (Å²) in [7, 11) is 2.90. The lowest BCUT2D eigenvalue weighted by Gasteiger charge is -2.23. The Morgan fingerprint density at radius 3 is 1.96 bits per heavy atom. The molecule has 2 aromatic carbocycles. The van der Waals surface area contributed by atoms with Gasteiger partial charge in [0.05, 0.1) is 20.6 Å². The minimum Gasteiger partial charge on any atom is -0.497 e. The molecular formula is C18H18INO4. The summed E-state index contributed by atoms with van der Waals surface area (Å²) in [6, 6.07) is 14.8. The van der Waals surface area contributed by atoms with Crippen LogP contribution >= 0.6 is 22.6 Å². The summed E-state index contributed by atoms with van der Waals surface area (Å²) < 4.78 is 10.8. The fraction of sp³-hybridized carbons (Fsp3) is 0.222. The largest absolute Gasteiger partial charge is 0.497 e. The Balaban J connectivity index is 2.31. The van der Waals surface area contributed by atoms with Crippen molar-refractivity contribution in [1.82, 2.24) is 0 Å². The molecule has 0 radical (unpaired) electrons. The monoisotopic (exact) mass is 439 g/mol. The van der Waals surface area contributed by atoms with Crippen molar-refractivity contribution >= 4 is 45.8 Å². The molecule has 1 amide bonds. The summed E-state index contributed by atoms with van der Waals surface area (Å²) in [4.78, 5) is 25.6. The van der Waals surface area contributed by atoms with Crippen LogP contribution in [0.25, 0.3) is 0 Å². The lowest BCUT2D eigenvalue weighted by molar-refractivity contribution is -0.141. The summed E-state index contributed by atoms with van der Waals surface area (Å²) in [5.41, 5.74) is 1.46. The second-order valence-corrected chi connectivity index (χ2v) is 6.23. The highest BCUT2D eigenvalue weighted by Gasteiger charge is 2.19. The van der Waals surface area contributed by atoms with E-state index in [9.17, 15) is 9.59 Å². The Morgan fingerprint density at radius 1 is 0.917 bits per heavy atom. The number of rotatable bonds is 6. The Kier molecular flexibility index (Phi) is 6.60. The number of amides is 1. The molecule has 0 saturated carbocycles. The number of esters is 1. The first-order chi connectivity index (χ1) is 11.5. The zero-order chi connectivity index (χ0) is 17.5. The first-order valence-corrected chi connectivity index (χ1v) is 8.42. The van der Waals surface area contributed by atoms with Gasteiger partial charge in [0, 0.05) is 21.4 Å². The molecule has 0 heterocycles. The van der Waals surface area contributed by atoms with Crippen molar-refractivity contribution in [3.63, 3.8) is 0 Å². The van der Waals surface area contributed by atoms with E-state index in [1.54, 1.807) is 24.1 Å². The number of nitrogens with zero attached hydrogens (tertiary/aromatic N) is 1. The number of carbonyl (C=O) groups is 2. The van der Waals surface area contributed by atoms with E-state index >= 15 is 0 Å². The third-order valence-corrected chi connectivity index (χ3v) is 4.15. The van der Waals surface area contributed by atoms with E-state index in [0.717, 1.165) is 9.26 Å². The second-order valence-electron chi connectivity index (χ2n) is 4.98. The van der Waals surface area contributed by atoms with Gasteiger partial charge in [-0.1, -0.05) is 0 Å². The zero-order valence-electron chi connectivity index (χ0n) is 13.5. The van der Waals surface area contributed by atoms with Crippen LogP contribution in [0.4, 0.5) is 11.4 Å². The van der Waals surface area contributed by atoms with Crippen LogP contribution in [-0.4, -0.2) is 26.1 Å². The van der Waals surface area contributed by atoms with Gasteiger partial charge in [0.1, 0.15) is 5.75 Å². The predicted molar refractivity (Wildman–Crippen MR) is 101 cm³/mol. The van der Waals surface area contributed by atoms with Gasteiger partial charge in [-0.3, -0.25) is 14.5 Å². The van der Waals surface area contributed by atoms with Crippen molar-refractivity contribution in [2.45, 2.75) is 12.8 Å². The smallest absolute Gasteiger partial charge is 0.306 e. The molecule has 0 aromatic heterocycles. The number of methoxy groups -OCH3 is 2. The molecule has 0 aliphatic heterocycles. The molecule has 0 atom stereocenters. The average molecular weight is 439 g/mol. The molecule has 0 unspecified atom stereocenters. The number of benzene rings is 2. The summed E-state index contributed by atoms with van der Waals surface area (Å²) in [6.07, 6.45) is 0.122. The van der Waals surface area contributed by atoms with Crippen LogP contribution in [0.1, 0.15) is 12.8 Å². The average Bonchev–Trinajstić information content (AvgIpc) is 2.62. The first kappa shape index (κ1) is 18.3. The minimum absolute atomic E-state index is 0.0480. The molecule has 0 aliphatic rings. The maximum Gasteiger partial charge on any atom is 0.306 e. The van der Waals surface area contributed by atoms with E-state index in [2.05, 4.69) is 27.3 Å². The van der Waals surface area contributed by atoms with Gasteiger partial charge < -0.3 is 9.47 Å². The molecule has 2 aromatic rings. The van der Waals surface area contributed by atoms with Gasteiger partial charge in [0.2, 0.25) is 5.91 Å². The summed E-state index contributed by atoms with van der Waals surface area (Å²) >= 11 is 2.21. The van der Waals surface area contributed by atoms with Crippen LogP contribution in [0, 0.1) is 3.57 Å². The van der Waals surface area contributed by atoms with Gasteiger partial charge in [-0.25, -0.2) is 0 Å². The van der Waals surface area contributed by atoms with E-state index in [1.807, 2.05) is 36.4 Å². The molecule has 126 valence electrons. The summed E-state index contributed by atoms with van der Waals surface area (Å²) in [5, 5.41) is 0. The first-order valence-electron chi connectivity index (χ1n) is 7.34. The van der Waals surface area contributed by atoms with E-state index in [4.69, 9.17) is 4.74 Å². The fourth-order valence-electron chi connectivity index (χ4n) is 2.18. The molecule has 0 bridgehead atoms. The van der Waals surface area contributed by atoms with Gasteiger partial charge in [0.25, 0.3) is 0 Å². The lowest BCUT2D eigenvalue weighted by Crippen LogP contribution is -2.26.